The molecule has 0 unspecified atom stereocenters. The lowest BCUT2D eigenvalue weighted by atomic mass is 9.94. The Hall–Kier alpha value is -2.32. The van der Waals surface area contributed by atoms with Crippen molar-refractivity contribution in [2.75, 3.05) is 0 Å². The molecule has 0 aromatic heterocycles. The summed E-state index contributed by atoms with van der Waals surface area (Å²) in [6.07, 6.45) is 0. The first-order valence-corrected chi connectivity index (χ1v) is 6.56. The van der Waals surface area contributed by atoms with Gasteiger partial charge >= 0.3 is 5.97 Å². The molecule has 0 spiro atoms. The number of hydrogen-bond donors (Lipinski definition) is 1. The highest BCUT2D eigenvalue weighted by atomic mass is 35.5. The van der Waals surface area contributed by atoms with Crippen LogP contribution in [0.3, 0.4) is 0 Å². The predicted octanol–water partition coefficient (Wildman–Crippen LogP) is 4.86. The fourth-order valence-electron chi connectivity index (χ4n) is 2.40. The molecule has 0 amide bonds. The lowest BCUT2D eigenvalue weighted by Gasteiger charge is -2.10. The van der Waals surface area contributed by atoms with Crippen molar-refractivity contribution >= 4 is 28.3 Å². The van der Waals surface area contributed by atoms with E-state index in [0.29, 0.717) is 16.1 Å². The Morgan fingerprint density at radius 1 is 0.800 bits per heavy atom. The molecule has 0 fully saturated rings. The van der Waals surface area contributed by atoms with Gasteiger partial charge in [-0.2, -0.15) is 0 Å². The maximum Gasteiger partial charge on any atom is 0.336 e. The van der Waals surface area contributed by atoms with Gasteiger partial charge in [-0.15, -0.1) is 0 Å². The number of benzene rings is 3. The Morgan fingerprint density at radius 3 is 2.20 bits per heavy atom. The standard InChI is InChI=1S/C17H11ClO2/c18-16-10-9-13(11-5-1-3-7-14(11)16)12-6-2-4-8-15(12)17(19)20/h1-10H,(H,19,20). The maximum absolute atomic E-state index is 11.4. The largest absolute Gasteiger partial charge is 0.478 e. The molecule has 0 aliphatic carbocycles. The lowest BCUT2D eigenvalue weighted by Crippen LogP contribution is -1.99. The van der Waals surface area contributed by atoms with Crippen molar-refractivity contribution in [2.24, 2.45) is 0 Å². The molecule has 0 aliphatic rings. The van der Waals surface area contributed by atoms with Crippen LogP contribution in [0.5, 0.6) is 0 Å². The smallest absolute Gasteiger partial charge is 0.336 e. The SMILES string of the molecule is O=C(O)c1ccccc1-c1ccc(Cl)c2ccccc12. The Labute approximate surface area is 121 Å². The number of aromatic carboxylic acids is 1. The van der Waals surface area contributed by atoms with Gasteiger partial charge in [-0.25, -0.2) is 4.79 Å². The second kappa shape index (κ2) is 4.99. The average molecular weight is 283 g/mol. The molecule has 0 bridgehead atoms. The average Bonchev–Trinajstić information content (AvgIpc) is 2.48. The summed E-state index contributed by atoms with van der Waals surface area (Å²) in [6, 6.07) is 18.4. The minimum atomic E-state index is -0.931. The molecule has 0 saturated carbocycles. The fourth-order valence-corrected chi connectivity index (χ4v) is 2.63. The van der Waals surface area contributed by atoms with E-state index in [4.69, 9.17) is 11.6 Å². The van der Waals surface area contributed by atoms with Crippen molar-refractivity contribution in [3.05, 3.63) is 71.2 Å². The van der Waals surface area contributed by atoms with E-state index < -0.39 is 5.97 Å². The van der Waals surface area contributed by atoms with Gasteiger partial charge in [-0.3, -0.25) is 0 Å². The van der Waals surface area contributed by atoms with Gasteiger partial charge in [0.15, 0.2) is 0 Å². The van der Waals surface area contributed by atoms with E-state index in [-0.39, 0.29) is 0 Å². The Bertz CT molecular complexity index is 809. The molecule has 0 heterocycles. The minimum absolute atomic E-state index is 0.292. The monoisotopic (exact) mass is 282 g/mol. The number of carbonyl (C=O) groups is 1. The molecule has 0 atom stereocenters. The summed E-state index contributed by atoms with van der Waals surface area (Å²) in [5.41, 5.74) is 1.87. The van der Waals surface area contributed by atoms with Crippen molar-refractivity contribution in [3.8, 4) is 11.1 Å². The summed E-state index contributed by atoms with van der Waals surface area (Å²) < 4.78 is 0. The van der Waals surface area contributed by atoms with Crippen molar-refractivity contribution in [1.29, 1.82) is 0 Å². The maximum atomic E-state index is 11.4. The molecule has 3 heteroatoms. The summed E-state index contributed by atoms with van der Waals surface area (Å²) in [6.45, 7) is 0. The highest BCUT2D eigenvalue weighted by Crippen LogP contribution is 2.34. The first kappa shape index (κ1) is 12.7. The van der Waals surface area contributed by atoms with Gasteiger partial charge in [0.25, 0.3) is 0 Å². The van der Waals surface area contributed by atoms with Gasteiger partial charge in [0.2, 0.25) is 0 Å². The lowest BCUT2D eigenvalue weighted by molar-refractivity contribution is 0.0698. The molecule has 0 saturated heterocycles. The normalized spacial score (nSPS) is 10.7. The van der Waals surface area contributed by atoms with Crippen LogP contribution in [-0.4, -0.2) is 11.1 Å². The molecule has 3 aromatic rings. The zero-order chi connectivity index (χ0) is 14.1. The van der Waals surface area contributed by atoms with Crippen LogP contribution in [0.4, 0.5) is 0 Å². The highest BCUT2D eigenvalue weighted by molar-refractivity contribution is 6.36. The Balaban J connectivity index is 2.37. The Kier molecular flexibility index (Phi) is 3.17. The molecule has 3 rings (SSSR count). The molecular formula is C17H11ClO2. The number of rotatable bonds is 2. The molecule has 3 aromatic carbocycles. The van der Waals surface area contributed by atoms with E-state index in [9.17, 15) is 9.90 Å². The molecular weight excluding hydrogens is 272 g/mol. The van der Waals surface area contributed by atoms with Gasteiger partial charge in [-0.1, -0.05) is 60.1 Å². The number of fused-ring (bicyclic) bond motifs is 1. The quantitative estimate of drug-likeness (QED) is 0.729. The van der Waals surface area contributed by atoms with Gasteiger partial charge in [-0.05, 0) is 28.6 Å². The number of carboxylic acid groups (broad SMARTS) is 1. The third kappa shape index (κ3) is 2.04. The number of halogens is 1. The fraction of sp³-hybridized carbons (Fsp3) is 0. The van der Waals surface area contributed by atoms with E-state index in [2.05, 4.69) is 0 Å². The molecule has 1 N–H and O–H groups in total. The Morgan fingerprint density at radius 2 is 1.45 bits per heavy atom. The van der Waals surface area contributed by atoms with Crippen molar-refractivity contribution in [2.45, 2.75) is 0 Å². The molecule has 0 radical (unpaired) electrons. The van der Waals surface area contributed by atoms with Crippen LogP contribution >= 0.6 is 11.6 Å². The summed E-state index contributed by atoms with van der Waals surface area (Å²) >= 11 is 6.20. The van der Waals surface area contributed by atoms with E-state index in [0.717, 1.165) is 16.3 Å². The van der Waals surface area contributed by atoms with Crippen LogP contribution in [-0.2, 0) is 0 Å². The first-order valence-electron chi connectivity index (χ1n) is 6.18. The molecule has 2 nitrogen and oxygen atoms in total. The van der Waals surface area contributed by atoms with Crippen molar-refractivity contribution in [1.82, 2.24) is 0 Å². The van der Waals surface area contributed by atoms with Crippen LogP contribution in [0.2, 0.25) is 5.02 Å². The van der Waals surface area contributed by atoms with Gasteiger partial charge < -0.3 is 5.11 Å². The van der Waals surface area contributed by atoms with Gasteiger partial charge in [0, 0.05) is 10.4 Å². The van der Waals surface area contributed by atoms with E-state index in [1.165, 1.54) is 0 Å². The highest BCUT2D eigenvalue weighted by Gasteiger charge is 2.13. The van der Waals surface area contributed by atoms with E-state index in [1.54, 1.807) is 18.2 Å². The molecule has 0 aliphatic heterocycles. The van der Waals surface area contributed by atoms with E-state index in [1.807, 2.05) is 42.5 Å². The summed E-state index contributed by atoms with van der Waals surface area (Å²) in [5, 5.41) is 11.9. The van der Waals surface area contributed by atoms with Crippen molar-refractivity contribution < 1.29 is 9.90 Å². The zero-order valence-corrected chi connectivity index (χ0v) is 11.3. The van der Waals surface area contributed by atoms with Crippen LogP contribution < -0.4 is 0 Å². The van der Waals surface area contributed by atoms with Crippen molar-refractivity contribution in [3.63, 3.8) is 0 Å². The number of hydrogen-bond acceptors (Lipinski definition) is 1. The van der Waals surface area contributed by atoms with Gasteiger partial charge in [0.1, 0.15) is 0 Å². The third-order valence-corrected chi connectivity index (χ3v) is 3.65. The van der Waals surface area contributed by atoms with Crippen LogP contribution in [0.25, 0.3) is 21.9 Å². The molecule has 20 heavy (non-hydrogen) atoms. The summed E-state index contributed by atoms with van der Waals surface area (Å²) in [5.74, 6) is -0.931. The predicted molar refractivity (Wildman–Crippen MR) is 81.4 cm³/mol. The van der Waals surface area contributed by atoms with Crippen LogP contribution in [0.15, 0.2) is 60.7 Å². The minimum Gasteiger partial charge on any atom is -0.478 e. The number of carboxylic acids is 1. The summed E-state index contributed by atoms with van der Waals surface area (Å²) in [7, 11) is 0. The second-order valence-electron chi connectivity index (χ2n) is 4.49. The van der Waals surface area contributed by atoms with Gasteiger partial charge in [0.05, 0.1) is 5.56 Å². The topological polar surface area (TPSA) is 37.3 Å². The van der Waals surface area contributed by atoms with Crippen LogP contribution in [0, 0.1) is 0 Å². The third-order valence-electron chi connectivity index (χ3n) is 3.32. The first-order chi connectivity index (χ1) is 9.68. The molecule has 98 valence electrons. The second-order valence-corrected chi connectivity index (χ2v) is 4.90. The van der Waals surface area contributed by atoms with Crippen LogP contribution in [0.1, 0.15) is 10.4 Å². The zero-order valence-electron chi connectivity index (χ0n) is 10.5. The van der Waals surface area contributed by atoms with E-state index >= 15 is 0 Å². The summed E-state index contributed by atoms with van der Waals surface area (Å²) in [4.78, 5) is 11.4.